The Morgan fingerprint density at radius 3 is 2.33 bits per heavy atom. The standard InChI is InChI=1S/C23H40N4O2.HI/c1-18(19-10-8-7-9-11-19)27-23(12-14-29-15-13-23)17-26-21(24-5)25-16-20(28-6)22(2,3)4;/h7-11,18,20,27H,12-17H2,1-6H3,(H2,24,25,26);1H. The predicted octanol–water partition coefficient (Wildman–Crippen LogP) is 3.73. The molecule has 0 aliphatic carbocycles. The maximum atomic E-state index is 5.65. The summed E-state index contributed by atoms with van der Waals surface area (Å²) in [6.45, 7) is 11.8. The number of hydrogen-bond donors (Lipinski definition) is 3. The van der Waals surface area contributed by atoms with Crippen LogP contribution in [0.1, 0.15) is 52.1 Å². The topological polar surface area (TPSA) is 66.9 Å². The van der Waals surface area contributed by atoms with Crippen molar-refractivity contribution < 1.29 is 9.47 Å². The van der Waals surface area contributed by atoms with Gasteiger partial charge in [0.1, 0.15) is 0 Å². The van der Waals surface area contributed by atoms with E-state index in [1.807, 2.05) is 7.05 Å². The number of nitrogens with one attached hydrogen (secondary N) is 3. The second-order valence-electron chi connectivity index (χ2n) is 9.07. The fourth-order valence-corrected chi connectivity index (χ4v) is 3.82. The van der Waals surface area contributed by atoms with E-state index in [0.29, 0.717) is 6.54 Å². The van der Waals surface area contributed by atoms with Crippen LogP contribution < -0.4 is 16.0 Å². The average Bonchev–Trinajstić information content (AvgIpc) is 2.71. The monoisotopic (exact) mass is 532 g/mol. The minimum absolute atomic E-state index is 0. The minimum Gasteiger partial charge on any atom is -0.381 e. The van der Waals surface area contributed by atoms with E-state index in [1.165, 1.54) is 5.56 Å². The van der Waals surface area contributed by atoms with Crippen LogP contribution in [0.25, 0.3) is 0 Å². The lowest BCUT2D eigenvalue weighted by Crippen LogP contribution is -2.58. The van der Waals surface area contributed by atoms with E-state index >= 15 is 0 Å². The molecule has 1 aliphatic rings. The first kappa shape index (κ1) is 27.1. The second-order valence-corrected chi connectivity index (χ2v) is 9.07. The highest BCUT2D eigenvalue weighted by Gasteiger charge is 2.34. The molecule has 1 saturated heterocycles. The highest BCUT2D eigenvalue weighted by atomic mass is 127. The number of aliphatic imine (C=N–C) groups is 1. The number of rotatable bonds is 8. The molecule has 0 saturated carbocycles. The second kappa shape index (κ2) is 12.8. The first-order valence-corrected chi connectivity index (χ1v) is 10.7. The highest BCUT2D eigenvalue weighted by molar-refractivity contribution is 14.0. The van der Waals surface area contributed by atoms with E-state index in [-0.39, 0.29) is 47.1 Å². The van der Waals surface area contributed by atoms with Crippen molar-refractivity contribution in [1.82, 2.24) is 16.0 Å². The Balaban J connectivity index is 0.00000450. The van der Waals surface area contributed by atoms with E-state index < -0.39 is 0 Å². The quantitative estimate of drug-likeness (QED) is 0.271. The van der Waals surface area contributed by atoms with Crippen molar-refractivity contribution in [3.8, 4) is 0 Å². The summed E-state index contributed by atoms with van der Waals surface area (Å²) in [5.41, 5.74) is 1.33. The molecule has 0 spiro atoms. The molecule has 2 atom stereocenters. The SMILES string of the molecule is CN=C(NCC(OC)C(C)(C)C)NCC1(NC(C)c2ccccc2)CCOCC1.I. The van der Waals surface area contributed by atoms with Gasteiger partial charge in [-0.25, -0.2) is 0 Å². The fourth-order valence-electron chi connectivity index (χ4n) is 3.82. The van der Waals surface area contributed by atoms with Crippen LogP contribution >= 0.6 is 24.0 Å². The summed E-state index contributed by atoms with van der Waals surface area (Å²) in [5, 5.41) is 10.8. The molecule has 2 unspecified atom stereocenters. The summed E-state index contributed by atoms with van der Waals surface area (Å²) in [5.74, 6) is 0.802. The van der Waals surface area contributed by atoms with Crippen LogP contribution in [-0.2, 0) is 9.47 Å². The molecular formula is C23H41IN4O2. The molecule has 172 valence electrons. The van der Waals surface area contributed by atoms with Crippen LogP contribution in [0.3, 0.4) is 0 Å². The van der Waals surface area contributed by atoms with Gasteiger partial charge in [0.25, 0.3) is 0 Å². The summed E-state index contributed by atoms with van der Waals surface area (Å²) in [6, 6.07) is 10.9. The highest BCUT2D eigenvalue weighted by Crippen LogP contribution is 2.25. The number of benzene rings is 1. The third-order valence-electron chi connectivity index (χ3n) is 5.80. The van der Waals surface area contributed by atoms with Gasteiger partial charge in [0.05, 0.1) is 6.10 Å². The molecule has 1 heterocycles. The van der Waals surface area contributed by atoms with Crippen LogP contribution in [0.5, 0.6) is 0 Å². The van der Waals surface area contributed by atoms with Crippen molar-refractivity contribution in [2.45, 2.75) is 58.2 Å². The Bertz CT molecular complexity index is 628. The minimum atomic E-state index is -0.0319. The molecule has 0 aromatic heterocycles. The summed E-state index contributed by atoms with van der Waals surface area (Å²) >= 11 is 0. The zero-order valence-corrected chi connectivity index (χ0v) is 21.8. The molecule has 1 aliphatic heterocycles. The fraction of sp³-hybridized carbons (Fsp3) is 0.696. The summed E-state index contributed by atoms with van der Waals surface area (Å²) in [6.07, 6.45) is 2.04. The first-order valence-electron chi connectivity index (χ1n) is 10.7. The zero-order chi connectivity index (χ0) is 21.3. The third-order valence-corrected chi connectivity index (χ3v) is 5.80. The van der Waals surface area contributed by atoms with Crippen molar-refractivity contribution >= 4 is 29.9 Å². The molecule has 2 rings (SSSR count). The van der Waals surface area contributed by atoms with Crippen molar-refractivity contribution in [1.29, 1.82) is 0 Å². The van der Waals surface area contributed by atoms with Gasteiger partial charge >= 0.3 is 0 Å². The number of methoxy groups -OCH3 is 1. The zero-order valence-electron chi connectivity index (χ0n) is 19.5. The predicted molar refractivity (Wildman–Crippen MR) is 136 cm³/mol. The van der Waals surface area contributed by atoms with Crippen molar-refractivity contribution in [2.75, 3.05) is 40.5 Å². The molecule has 3 N–H and O–H groups in total. The smallest absolute Gasteiger partial charge is 0.191 e. The summed E-state index contributed by atoms with van der Waals surface area (Å²) < 4.78 is 11.3. The molecule has 1 fully saturated rings. The molecule has 1 aromatic carbocycles. The van der Waals surface area contributed by atoms with Gasteiger partial charge in [-0.2, -0.15) is 0 Å². The van der Waals surface area contributed by atoms with Crippen molar-refractivity contribution in [3.63, 3.8) is 0 Å². The molecule has 1 aromatic rings. The molecule has 0 bridgehead atoms. The Hall–Kier alpha value is -0.900. The van der Waals surface area contributed by atoms with Crippen LogP contribution in [0.4, 0.5) is 0 Å². The van der Waals surface area contributed by atoms with Gasteiger partial charge in [0, 0.05) is 52.0 Å². The van der Waals surface area contributed by atoms with Gasteiger partial charge in [0.15, 0.2) is 5.96 Å². The van der Waals surface area contributed by atoms with Gasteiger partial charge in [0.2, 0.25) is 0 Å². The van der Waals surface area contributed by atoms with Crippen LogP contribution in [0.15, 0.2) is 35.3 Å². The van der Waals surface area contributed by atoms with Crippen molar-refractivity contribution in [2.24, 2.45) is 10.4 Å². The van der Waals surface area contributed by atoms with E-state index in [9.17, 15) is 0 Å². The number of guanidine groups is 1. The molecule has 30 heavy (non-hydrogen) atoms. The maximum Gasteiger partial charge on any atom is 0.191 e. The maximum absolute atomic E-state index is 5.65. The van der Waals surface area contributed by atoms with Crippen LogP contribution in [-0.4, -0.2) is 58.1 Å². The molecule has 0 amide bonds. The van der Waals surface area contributed by atoms with E-state index in [1.54, 1.807) is 7.11 Å². The van der Waals surface area contributed by atoms with E-state index in [4.69, 9.17) is 9.47 Å². The number of ether oxygens (including phenoxy) is 2. The Kier molecular flexibility index (Phi) is 11.6. The third kappa shape index (κ3) is 8.32. The van der Waals surface area contributed by atoms with Crippen molar-refractivity contribution in [3.05, 3.63) is 35.9 Å². The largest absolute Gasteiger partial charge is 0.381 e. The van der Waals surface area contributed by atoms with Gasteiger partial charge in [-0.15, -0.1) is 24.0 Å². The van der Waals surface area contributed by atoms with Gasteiger partial charge in [-0.1, -0.05) is 51.1 Å². The molecule has 0 radical (unpaired) electrons. The molecule has 6 nitrogen and oxygen atoms in total. The number of halogens is 1. The number of nitrogens with zero attached hydrogens (tertiary/aromatic N) is 1. The van der Waals surface area contributed by atoms with Gasteiger partial charge in [-0.05, 0) is 30.7 Å². The average molecular weight is 533 g/mol. The Morgan fingerprint density at radius 2 is 1.80 bits per heavy atom. The van der Waals surface area contributed by atoms with Gasteiger partial charge in [-0.3, -0.25) is 4.99 Å². The molecular weight excluding hydrogens is 491 g/mol. The van der Waals surface area contributed by atoms with E-state index in [0.717, 1.165) is 38.6 Å². The summed E-state index contributed by atoms with van der Waals surface area (Å²) in [4.78, 5) is 4.41. The Morgan fingerprint density at radius 1 is 1.17 bits per heavy atom. The normalized spacial score (nSPS) is 18.8. The lowest BCUT2D eigenvalue weighted by atomic mass is 9.88. The first-order chi connectivity index (χ1) is 13.8. The molecule has 7 heteroatoms. The van der Waals surface area contributed by atoms with Crippen LogP contribution in [0, 0.1) is 5.41 Å². The number of hydrogen-bond acceptors (Lipinski definition) is 4. The van der Waals surface area contributed by atoms with Crippen LogP contribution in [0.2, 0.25) is 0 Å². The lowest BCUT2D eigenvalue weighted by Gasteiger charge is -2.41. The van der Waals surface area contributed by atoms with Gasteiger partial charge < -0.3 is 25.4 Å². The Labute approximate surface area is 200 Å². The summed E-state index contributed by atoms with van der Waals surface area (Å²) in [7, 11) is 3.57. The lowest BCUT2D eigenvalue weighted by molar-refractivity contribution is 0.0203. The van der Waals surface area contributed by atoms with E-state index in [2.05, 4.69) is 79.0 Å².